The first-order valence-corrected chi connectivity index (χ1v) is 12.2. The summed E-state index contributed by atoms with van der Waals surface area (Å²) in [6.07, 6.45) is 9.38. The lowest BCUT2D eigenvalue weighted by molar-refractivity contribution is -0.143. The predicted molar refractivity (Wildman–Crippen MR) is 124 cm³/mol. The van der Waals surface area contributed by atoms with E-state index in [1.54, 1.807) is 0 Å². The fourth-order valence-corrected chi connectivity index (χ4v) is 4.64. The quantitative estimate of drug-likeness (QED) is 0.418. The highest BCUT2D eigenvalue weighted by atomic mass is 32.1. The summed E-state index contributed by atoms with van der Waals surface area (Å²) in [5.41, 5.74) is 0. The molecule has 0 aliphatic carbocycles. The third-order valence-electron chi connectivity index (χ3n) is 5.91. The molecule has 0 aromatic carbocycles. The second-order valence-electron chi connectivity index (χ2n) is 9.12. The molecule has 0 radical (unpaired) electrons. The summed E-state index contributed by atoms with van der Waals surface area (Å²) in [5.74, 6) is -4.11. The topological polar surface area (TPSA) is 113 Å². The number of nitrogens with one attached hydrogen (secondary N) is 2. The smallest absolute Gasteiger partial charge is 0.317 e. The van der Waals surface area contributed by atoms with Crippen molar-refractivity contribution in [2.24, 2.45) is 17.8 Å². The number of carboxylic acid groups (broad SMARTS) is 1. The van der Waals surface area contributed by atoms with E-state index in [1.807, 2.05) is 13.8 Å². The summed E-state index contributed by atoms with van der Waals surface area (Å²) in [6, 6.07) is -0.682. The van der Waals surface area contributed by atoms with E-state index in [9.17, 15) is 24.3 Å². The van der Waals surface area contributed by atoms with Crippen LogP contribution in [0.15, 0.2) is 0 Å². The van der Waals surface area contributed by atoms with E-state index >= 15 is 0 Å². The number of rotatable bonds is 8. The van der Waals surface area contributed by atoms with Gasteiger partial charge in [-0.25, -0.2) is 0 Å². The van der Waals surface area contributed by atoms with E-state index in [0.717, 1.165) is 32.1 Å². The van der Waals surface area contributed by atoms with Gasteiger partial charge in [-0.05, 0) is 32.1 Å². The minimum Gasteiger partial charge on any atom is -0.480 e. The van der Waals surface area contributed by atoms with Crippen LogP contribution in [0, 0.1) is 17.8 Å². The molecule has 3 N–H and O–H groups in total. The lowest BCUT2D eigenvalue weighted by Gasteiger charge is -2.29. The van der Waals surface area contributed by atoms with Gasteiger partial charge in [0, 0.05) is 12.5 Å². The summed E-state index contributed by atoms with van der Waals surface area (Å²) in [5, 5.41) is 13.9. The van der Waals surface area contributed by atoms with Crippen LogP contribution in [0.5, 0.6) is 0 Å². The van der Waals surface area contributed by atoms with Crippen molar-refractivity contribution in [2.45, 2.75) is 96.3 Å². The van der Waals surface area contributed by atoms with Crippen LogP contribution < -0.4 is 10.6 Å². The number of ketones is 1. The molecule has 1 aliphatic rings. The third-order valence-corrected chi connectivity index (χ3v) is 6.45. The van der Waals surface area contributed by atoms with E-state index in [4.69, 9.17) is 0 Å². The van der Waals surface area contributed by atoms with E-state index in [0.29, 0.717) is 19.4 Å². The Labute approximate surface area is 191 Å². The van der Waals surface area contributed by atoms with E-state index < -0.39 is 35.0 Å². The van der Waals surface area contributed by atoms with Crippen LogP contribution in [-0.2, 0) is 19.2 Å². The fourth-order valence-electron chi connectivity index (χ4n) is 4.22. The number of carboxylic acids is 1. The van der Waals surface area contributed by atoms with Gasteiger partial charge in [-0.1, -0.05) is 58.8 Å². The van der Waals surface area contributed by atoms with Gasteiger partial charge in [0.1, 0.15) is 17.1 Å². The molecule has 1 aliphatic heterocycles. The molecule has 0 bridgehead atoms. The first kappa shape index (κ1) is 27.5. The number of carbonyl (C=O) groups excluding carboxylic acids is 3. The second-order valence-corrected chi connectivity index (χ2v) is 9.68. The van der Waals surface area contributed by atoms with Gasteiger partial charge in [-0.15, -0.1) is 0 Å². The van der Waals surface area contributed by atoms with Gasteiger partial charge in [-0.2, -0.15) is 12.6 Å². The molecule has 0 spiro atoms. The van der Waals surface area contributed by atoms with Crippen molar-refractivity contribution in [1.29, 1.82) is 0 Å². The maximum absolute atomic E-state index is 13.2. The van der Waals surface area contributed by atoms with Crippen molar-refractivity contribution in [3.05, 3.63) is 0 Å². The highest BCUT2D eigenvalue weighted by Crippen LogP contribution is 2.28. The van der Waals surface area contributed by atoms with Gasteiger partial charge < -0.3 is 15.7 Å². The molecule has 0 aromatic heterocycles. The van der Waals surface area contributed by atoms with Crippen LogP contribution in [0.1, 0.15) is 85.0 Å². The second kappa shape index (κ2) is 14.5. The van der Waals surface area contributed by atoms with Crippen molar-refractivity contribution in [2.75, 3.05) is 6.54 Å². The molecule has 0 saturated carbocycles. The average Bonchev–Trinajstić information content (AvgIpc) is 2.70. The average molecular weight is 457 g/mol. The molecule has 0 aromatic rings. The SMILES string of the molecule is CC(=O)C(C(S)C(=O)O)C(CC(C)C)C(=O)NC1CCCCCCCCCCNC1=O. The summed E-state index contributed by atoms with van der Waals surface area (Å²) in [6.45, 7) is 5.70. The first-order chi connectivity index (χ1) is 14.6. The van der Waals surface area contributed by atoms with E-state index in [1.165, 1.54) is 26.2 Å². The Morgan fingerprint density at radius 2 is 1.61 bits per heavy atom. The molecule has 2 amide bonds. The largest absolute Gasteiger partial charge is 0.480 e. The molecule has 178 valence electrons. The Kier molecular flexibility index (Phi) is 12.8. The summed E-state index contributed by atoms with van der Waals surface area (Å²) in [7, 11) is 0. The van der Waals surface area contributed by atoms with Crippen LogP contribution in [0.2, 0.25) is 0 Å². The van der Waals surface area contributed by atoms with Gasteiger partial charge in [0.05, 0.1) is 5.92 Å². The van der Waals surface area contributed by atoms with Gasteiger partial charge in [-0.3, -0.25) is 19.2 Å². The maximum atomic E-state index is 13.2. The molecule has 4 atom stereocenters. The standard InChI is InChI=1S/C23H40N2O5S/c1-15(2)14-17(19(16(3)26)20(31)23(29)30)21(27)25-18-12-10-8-6-4-5-7-9-11-13-24-22(18)28/h15,17-20,31H,4-14H2,1-3H3,(H,24,28)(H,25,27)(H,29,30). The van der Waals surface area contributed by atoms with E-state index in [-0.39, 0.29) is 17.6 Å². The van der Waals surface area contributed by atoms with Crippen molar-refractivity contribution < 1.29 is 24.3 Å². The number of carbonyl (C=O) groups is 4. The van der Waals surface area contributed by atoms with Gasteiger partial charge in [0.25, 0.3) is 0 Å². The zero-order valence-electron chi connectivity index (χ0n) is 19.2. The predicted octanol–water partition coefficient (Wildman–Crippen LogP) is 3.36. The molecule has 8 heteroatoms. The Balaban J connectivity index is 3.00. The molecule has 1 saturated heterocycles. The van der Waals surface area contributed by atoms with Crippen molar-refractivity contribution >= 4 is 36.2 Å². The molecular formula is C23H40N2O5S. The first-order valence-electron chi connectivity index (χ1n) is 11.6. The summed E-state index contributed by atoms with van der Waals surface area (Å²) in [4.78, 5) is 49.8. The summed E-state index contributed by atoms with van der Waals surface area (Å²) >= 11 is 4.11. The Morgan fingerprint density at radius 1 is 1.06 bits per heavy atom. The lowest BCUT2D eigenvalue weighted by atomic mass is 9.80. The van der Waals surface area contributed by atoms with Gasteiger partial charge in [0.2, 0.25) is 11.8 Å². The molecular weight excluding hydrogens is 416 g/mol. The summed E-state index contributed by atoms with van der Waals surface area (Å²) < 4.78 is 0. The van der Waals surface area contributed by atoms with Crippen molar-refractivity contribution in [1.82, 2.24) is 10.6 Å². The molecule has 4 unspecified atom stereocenters. The monoisotopic (exact) mass is 456 g/mol. The number of aliphatic carboxylic acids is 1. The Hall–Kier alpha value is -1.57. The zero-order chi connectivity index (χ0) is 23.4. The number of hydrogen-bond donors (Lipinski definition) is 4. The molecule has 31 heavy (non-hydrogen) atoms. The van der Waals surface area contributed by atoms with Crippen LogP contribution in [0.4, 0.5) is 0 Å². The van der Waals surface area contributed by atoms with Crippen LogP contribution >= 0.6 is 12.6 Å². The van der Waals surface area contributed by atoms with Gasteiger partial charge >= 0.3 is 5.97 Å². The molecule has 1 fully saturated rings. The number of amides is 2. The minimum atomic E-state index is -1.28. The normalized spacial score (nSPS) is 22.1. The number of Topliss-reactive ketones (excluding diaryl/α,β-unsaturated/α-hetero) is 1. The molecule has 7 nitrogen and oxygen atoms in total. The highest BCUT2D eigenvalue weighted by molar-refractivity contribution is 7.81. The molecule has 1 rings (SSSR count). The Morgan fingerprint density at radius 3 is 2.13 bits per heavy atom. The van der Waals surface area contributed by atoms with E-state index in [2.05, 4.69) is 23.3 Å². The Bertz CT molecular complexity index is 611. The van der Waals surface area contributed by atoms with Gasteiger partial charge in [0.15, 0.2) is 0 Å². The highest BCUT2D eigenvalue weighted by Gasteiger charge is 2.40. The lowest BCUT2D eigenvalue weighted by Crippen LogP contribution is -2.51. The van der Waals surface area contributed by atoms with Crippen molar-refractivity contribution in [3.8, 4) is 0 Å². The third kappa shape index (κ3) is 10.1. The van der Waals surface area contributed by atoms with Crippen LogP contribution in [-0.4, -0.2) is 46.5 Å². The van der Waals surface area contributed by atoms with Crippen LogP contribution in [0.3, 0.4) is 0 Å². The van der Waals surface area contributed by atoms with Crippen molar-refractivity contribution in [3.63, 3.8) is 0 Å². The maximum Gasteiger partial charge on any atom is 0.317 e. The zero-order valence-corrected chi connectivity index (χ0v) is 20.1. The number of thiol groups is 1. The fraction of sp³-hybridized carbons (Fsp3) is 0.826. The van der Waals surface area contributed by atoms with Crippen LogP contribution in [0.25, 0.3) is 0 Å². The minimum absolute atomic E-state index is 0.0702. The number of hydrogen-bond acceptors (Lipinski definition) is 5. The molecule has 1 heterocycles.